The van der Waals surface area contributed by atoms with Gasteiger partial charge in [-0.05, 0) is 18.2 Å². The molecule has 7 nitrogen and oxygen atoms in total. The number of oxazole rings is 1. The molecule has 10 heteroatoms. The van der Waals surface area contributed by atoms with E-state index < -0.39 is 29.5 Å². The first kappa shape index (κ1) is 23.1. The standard InChI is InChI=1S/C24H18F2N2O5S/c1-31-23(29)18-17(13-8-4-6-10-15(13)26)19(24(30)32-2)21-28(20(18)27)22(34)16(33-21)11-12-7-3-5-9-14(12)25/h3-11,17H,27H2,1-2H3. The summed E-state index contributed by atoms with van der Waals surface area (Å²) in [7, 11) is 2.25. The number of fused-ring (bicyclic) bond motifs is 1. The average molecular weight is 484 g/mol. The second-order valence-corrected chi connectivity index (χ2v) is 7.61. The van der Waals surface area contributed by atoms with Crippen LogP contribution in [0.4, 0.5) is 8.78 Å². The summed E-state index contributed by atoms with van der Waals surface area (Å²) in [5, 5.41) is 0. The van der Waals surface area contributed by atoms with Gasteiger partial charge >= 0.3 is 11.9 Å². The van der Waals surface area contributed by atoms with Gasteiger partial charge in [-0.2, -0.15) is 0 Å². The Morgan fingerprint density at radius 1 is 1.00 bits per heavy atom. The fraction of sp³-hybridized carbons (Fsp3) is 0.125. The molecule has 1 aliphatic heterocycles. The highest BCUT2D eigenvalue weighted by atomic mass is 32.1. The number of ether oxygens (including phenoxy) is 2. The molecule has 0 bridgehead atoms. The monoisotopic (exact) mass is 484 g/mol. The maximum absolute atomic E-state index is 14.9. The molecule has 4 rings (SSSR count). The Hall–Kier alpha value is -4.05. The largest absolute Gasteiger partial charge is 0.466 e. The molecule has 2 heterocycles. The summed E-state index contributed by atoms with van der Waals surface area (Å²) in [6.07, 6.45) is 1.33. The zero-order valence-electron chi connectivity index (χ0n) is 18.0. The number of aromatic nitrogens is 1. The van der Waals surface area contributed by atoms with Gasteiger partial charge < -0.3 is 19.6 Å². The molecule has 0 spiro atoms. The molecule has 34 heavy (non-hydrogen) atoms. The van der Waals surface area contributed by atoms with Crippen molar-refractivity contribution >= 4 is 41.6 Å². The minimum Gasteiger partial charge on any atom is -0.466 e. The Kier molecular flexibility index (Phi) is 6.16. The third kappa shape index (κ3) is 3.71. The van der Waals surface area contributed by atoms with Crippen LogP contribution < -0.4 is 16.7 Å². The van der Waals surface area contributed by atoms with Crippen molar-refractivity contribution in [2.24, 2.45) is 5.73 Å². The number of benzene rings is 2. The molecule has 1 aromatic heterocycles. The molecule has 1 atom stereocenters. The smallest absolute Gasteiger partial charge is 0.340 e. The molecule has 0 saturated carbocycles. The summed E-state index contributed by atoms with van der Waals surface area (Å²) in [6.45, 7) is 0. The van der Waals surface area contributed by atoms with Crippen molar-refractivity contribution in [2.45, 2.75) is 5.92 Å². The molecule has 0 fully saturated rings. The first-order valence-electron chi connectivity index (χ1n) is 9.93. The Labute approximate surface area is 197 Å². The zero-order chi connectivity index (χ0) is 24.6. The van der Waals surface area contributed by atoms with E-state index in [9.17, 15) is 18.4 Å². The molecule has 2 N–H and O–H groups in total. The minimum atomic E-state index is -1.32. The van der Waals surface area contributed by atoms with Crippen molar-refractivity contribution in [2.75, 3.05) is 14.2 Å². The van der Waals surface area contributed by atoms with Gasteiger partial charge in [-0.15, -0.1) is 0 Å². The van der Waals surface area contributed by atoms with Crippen LogP contribution in [0.3, 0.4) is 0 Å². The summed E-state index contributed by atoms with van der Waals surface area (Å²) in [5.74, 6) is -4.57. The van der Waals surface area contributed by atoms with Gasteiger partial charge in [-0.3, -0.25) is 4.57 Å². The van der Waals surface area contributed by atoms with Crippen LogP contribution in [0.1, 0.15) is 17.0 Å². The van der Waals surface area contributed by atoms with Gasteiger partial charge in [-0.1, -0.05) is 48.6 Å². The number of carbonyl (C=O) groups is 2. The zero-order valence-corrected chi connectivity index (χ0v) is 18.8. The summed E-state index contributed by atoms with van der Waals surface area (Å²) < 4.78 is 45.9. The van der Waals surface area contributed by atoms with E-state index in [1.54, 1.807) is 12.1 Å². The molecule has 0 saturated heterocycles. The van der Waals surface area contributed by atoms with E-state index in [-0.39, 0.29) is 43.7 Å². The number of nitrogens with zero attached hydrogens (tertiary/aromatic N) is 1. The third-order valence-corrected chi connectivity index (χ3v) is 5.75. The van der Waals surface area contributed by atoms with Crippen molar-refractivity contribution in [3.05, 3.63) is 92.5 Å². The number of rotatable bonds is 4. The molecule has 0 radical (unpaired) electrons. The quantitative estimate of drug-likeness (QED) is 0.449. The van der Waals surface area contributed by atoms with E-state index in [1.165, 1.54) is 42.5 Å². The first-order chi connectivity index (χ1) is 16.3. The molecule has 3 aromatic rings. The number of halogens is 2. The van der Waals surface area contributed by atoms with Crippen molar-refractivity contribution < 1.29 is 32.3 Å². The lowest BCUT2D eigenvalue weighted by Gasteiger charge is -2.26. The molecule has 174 valence electrons. The number of hydrogen-bond donors (Lipinski definition) is 1. The number of carbonyl (C=O) groups excluding carboxylic acids is 2. The van der Waals surface area contributed by atoms with Crippen molar-refractivity contribution in [1.29, 1.82) is 0 Å². The predicted molar refractivity (Wildman–Crippen MR) is 121 cm³/mol. The van der Waals surface area contributed by atoms with Crippen LogP contribution in [0.25, 0.3) is 17.5 Å². The summed E-state index contributed by atoms with van der Waals surface area (Å²) >= 11 is 5.47. The van der Waals surface area contributed by atoms with Crippen LogP contribution in [-0.4, -0.2) is 30.7 Å². The topological polar surface area (TPSA) is 96.7 Å². The Morgan fingerprint density at radius 3 is 2.21 bits per heavy atom. The Morgan fingerprint density at radius 2 is 1.59 bits per heavy atom. The van der Waals surface area contributed by atoms with Gasteiger partial charge in [0.2, 0.25) is 5.55 Å². The van der Waals surface area contributed by atoms with Gasteiger partial charge in [0.05, 0.1) is 25.7 Å². The Balaban J connectivity index is 2.17. The molecule has 0 amide bonds. The highest BCUT2D eigenvalue weighted by Crippen LogP contribution is 2.38. The minimum absolute atomic E-state index is 0.00199. The number of nitrogens with two attached hydrogens (primary N) is 1. The van der Waals surface area contributed by atoms with Crippen molar-refractivity contribution in [1.82, 2.24) is 4.57 Å². The molecular weight excluding hydrogens is 466 g/mol. The van der Waals surface area contributed by atoms with Crippen LogP contribution in [-0.2, 0) is 19.1 Å². The third-order valence-electron chi connectivity index (χ3n) is 5.37. The van der Waals surface area contributed by atoms with Crippen molar-refractivity contribution in [3.8, 4) is 0 Å². The lowest BCUT2D eigenvalue weighted by Crippen LogP contribution is -2.37. The van der Waals surface area contributed by atoms with Gasteiger partial charge in [0.25, 0.3) is 0 Å². The normalized spacial score (nSPS) is 15.8. The number of esters is 2. The maximum atomic E-state index is 14.9. The van der Waals surface area contributed by atoms with Crippen LogP contribution in [0.5, 0.6) is 0 Å². The van der Waals surface area contributed by atoms with Crippen LogP contribution >= 0.6 is 12.2 Å². The molecule has 2 aromatic carbocycles. The lowest BCUT2D eigenvalue weighted by atomic mass is 9.82. The lowest BCUT2D eigenvalue weighted by molar-refractivity contribution is -0.136. The SMILES string of the molecule is COC(=O)C1=C(N)n2c(oc(=Cc3ccccc3F)c2=S)=C(C(=O)OC)C1c1ccccc1F. The summed E-state index contributed by atoms with van der Waals surface area (Å²) in [5.41, 5.74) is 5.85. The summed E-state index contributed by atoms with van der Waals surface area (Å²) in [6, 6.07) is 11.5. The van der Waals surface area contributed by atoms with E-state index in [4.69, 9.17) is 31.8 Å². The van der Waals surface area contributed by atoms with Crippen LogP contribution in [0.2, 0.25) is 0 Å². The van der Waals surface area contributed by atoms with E-state index in [1.807, 2.05) is 0 Å². The average Bonchev–Trinajstić information content (AvgIpc) is 3.15. The van der Waals surface area contributed by atoms with Gasteiger partial charge in [0.15, 0.2) is 10.1 Å². The van der Waals surface area contributed by atoms with Gasteiger partial charge in [-0.25, -0.2) is 18.4 Å². The van der Waals surface area contributed by atoms with E-state index in [0.29, 0.717) is 0 Å². The highest BCUT2D eigenvalue weighted by molar-refractivity contribution is 7.71. The first-order valence-corrected chi connectivity index (χ1v) is 10.3. The second-order valence-electron chi connectivity index (χ2n) is 7.23. The van der Waals surface area contributed by atoms with Crippen LogP contribution in [0.15, 0.2) is 58.5 Å². The fourth-order valence-electron chi connectivity index (χ4n) is 3.82. The number of methoxy groups -OCH3 is 2. The molecule has 1 aliphatic rings. The predicted octanol–water partition coefficient (Wildman–Crippen LogP) is 2.34. The van der Waals surface area contributed by atoms with E-state index in [0.717, 1.165) is 18.8 Å². The van der Waals surface area contributed by atoms with Gasteiger partial charge in [0.1, 0.15) is 23.0 Å². The van der Waals surface area contributed by atoms with Crippen LogP contribution in [0, 0.1) is 16.3 Å². The fourth-order valence-corrected chi connectivity index (χ4v) is 4.10. The van der Waals surface area contributed by atoms with Gasteiger partial charge in [0, 0.05) is 11.1 Å². The molecule has 0 aliphatic carbocycles. The number of hydrogen-bond acceptors (Lipinski definition) is 7. The maximum Gasteiger partial charge on any atom is 0.340 e. The molecular formula is C24H18F2N2O5S. The van der Waals surface area contributed by atoms with Crippen molar-refractivity contribution in [3.63, 3.8) is 0 Å². The summed E-state index contributed by atoms with van der Waals surface area (Å²) in [4.78, 5) is 25.8. The van der Waals surface area contributed by atoms with E-state index in [2.05, 4.69) is 0 Å². The molecule has 1 unspecified atom stereocenters. The highest BCUT2D eigenvalue weighted by Gasteiger charge is 2.41. The second kappa shape index (κ2) is 9.06. The Bertz CT molecular complexity index is 1540. The van der Waals surface area contributed by atoms with E-state index >= 15 is 0 Å².